The molecule has 0 saturated carbocycles. The van der Waals surface area contributed by atoms with Gasteiger partial charge in [0.05, 0.1) is 0 Å². The standard InChI is InChI=1S/C6H3ClF3NO2S/c7-14(12,13)4-2-1-3(5(8)9)11-6(4)10/h1-2,5H. The number of hydrogen-bond donors (Lipinski definition) is 0. The van der Waals surface area contributed by atoms with E-state index >= 15 is 0 Å². The van der Waals surface area contributed by atoms with E-state index in [9.17, 15) is 21.6 Å². The fraction of sp³-hybridized carbons (Fsp3) is 0.167. The van der Waals surface area contributed by atoms with Crippen LogP contribution in [-0.2, 0) is 9.05 Å². The van der Waals surface area contributed by atoms with Crippen molar-refractivity contribution in [3.05, 3.63) is 23.8 Å². The summed E-state index contributed by atoms with van der Waals surface area (Å²) in [4.78, 5) is 1.85. The van der Waals surface area contributed by atoms with Gasteiger partial charge < -0.3 is 0 Å². The van der Waals surface area contributed by atoms with Crippen LogP contribution in [0.4, 0.5) is 13.2 Å². The lowest BCUT2D eigenvalue weighted by atomic mass is 10.4. The Balaban J connectivity index is 3.28. The van der Waals surface area contributed by atoms with E-state index in [4.69, 9.17) is 10.7 Å². The van der Waals surface area contributed by atoms with Gasteiger partial charge in [0, 0.05) is 10.7 Å². The van der Waals surface area contributed by atoms with Crippen molar-refractivity contribution in [2.45, 2.75) is 11.3 Å². The molecule has 8 heteroatoms. The number of alkyl halides is 2. The lowest BCUT2D eigenvalue weighted by Gasteiger charge is -2.01. The molecule has 0 atom stereocenters. The number of nitrogens with zero attached hydrogens (tertiary/aromatic N) is 1. The summed E-state index contributed by atoms with van der Waals surface area (Å²) in [5, 5.41) is 0. The second-order valence-electron chi connectivity index (χ2n) is 2.26. The Kier molecular flexibility index (Phi) is 3.01. The molecule has 3 nitrogen and oxygen atoms in total. The van der Waals surface area contributed by atoms with E-state index in [1.807, 2.05) is 0 Å². The predicted octanol–water partition coefficient (Wildman–Crippen LogP) is 2.09. The average Bonchev–Trinajstić information content (AvgIpc) is 2.01. The zero-order valence-electron chi connectivity index (χ0n) is 6.42. The maximum absolute atomic E-state index is 12.8. The van der Waals surface area contributed by atoms with Crippen molar-refractivity contribution in [2.24, 2.45) is 0 Å². The average molecular weight is 246 g/mol. The van der Waals surface area contributed by atoms with Crippen molar-refractivity contribution < 1.29 is 21.6 Å². The molecule has 0 saturated heterocycles. The molecule has 0 N–H and O–H groups in total. The van der Waals surface area contributed by atoms with E-state index in [0.717, 1.165) is 0 Å². The molecular weight excluding hydrogens is 243 g/mol. The van der Waals surface area contributed by atoms with Crippen LogP contribution in [0.5, 0.6) is 0 Å². The highest BCUT2D eigenvalue weighted by Gasteiger charge is 2.19. The summed E-state index contributed by atoms with van der Waals surface area (Å²) in [5.41, 5.74) is -0.841. The van der Waals surface area contributed by atoms with E-state index in [2.05, 4.69) is 4.98 Å². The number of rotatable bonds is 2. The topological polar surface area (TPSA) is 47.0 Å². The molecule has 0 spiro atoms. The Morgan fingerprint density at radius 3 is 2.29 bits per heavy atom. The smallest absolute Gasteiger partial charge is 0.218 e. The SMILES string of the molecule is O=S(=O)(Cl)c1ccc(C(F)F)nc1F. The summed E-state index contributed by atoms with van der Waals surface area (Å²) in [6, 6.07) is 1.34. The highest BCUT2D eigenvalue weighted by Crippen LogP contribution is 2.22. The van der Waals surface area contributed by atoms with Crippen molar-refractivity contribution in [1.82, 2.24) is 4.98 Å². The van der Waals surface area contributed by atoms with Crippen LogP contribution in [0, 0.1) is 5.95 Å². The normalized spacial score (nSPS) is 12.1. The van der Waals surface area contributed by atoms with Crippen LogP contribution in [0.25, 0.3) is 0 Å². The monoisotopic (exact) mass is 245 g/mol. The summed E-state index contributed by atoms with van der Waals surface area (Å²) < 4.78 is 58.0. The molecule has 0 fully saturated rings. The van der Waals surface area contributed by atoms with Gasteiger partial charge in [0.2, 0.25) is 5.95 Å². The van der Waals surface area contributed by atoms with Crippen molar-refractivity contribution in [2.75, 3.05) is 0 Å². The van der Waals surface area contributed by atoms with E-state index in [0.29, 0.717) is 12.1 Å². The fourth-order valence-electron chi connectivity index (χ4n) is 0.739. The van der Waals surface area contributed by atoms with Crippen molar-refractivity contribution in [1.29, 1.82) is 0 Å². The first-order valence-electron chi connectivity index (χ1n) is 3.21. The minimum Gasteiger partial charge on any atom is -0.218 e. The Morgan fingerprint density at radius 2 is 1.93 bits per heavy atom. The van der Waals surface area contributed by atoms with Crippen molar-refractivity contribution in [3.63, 3.8) is 0 Å². The van der Waals surface area contributed by atoms with E-state index in [1.165, 1.54) is 0 Å². The van der Waals surface area contributed by atoms with Crippen LogP contribution in [0.2, 0.25) is 0 Å². The van der Waals surface area contributed by atoms with Crippen LogP contribution in [0.15, 0.2) is 17.0 Å². The summed E-state index contributed by atoms with van der Waals surface area (Å²) in [5.74, 6) is -1.53. The van der Waals surface area contributed by atoms with Gasteiger partial charge in [0.25, 0.3) is 15.5 Å². The molecule has 0 aliphatic rings. The molecule has 0 aliphatic heterocycles. The molecule has 1 aromatic heterocycles. The van der Waals surface area contributed by atoms with Crippen LogP contribution in [-0.4, -0.2) is 13.4 Å². The highest BCUT2D eigenvalue weighted by atomic mass is 35.7. The van der Waals surface area contributed by atoms with Crippen LogP contribution in [0.1, 0.15) is 12.1 Å². The van der Waals surface area contributed by atoms with Gasteiger partial charge in [0.15, 0.2) is 0 Å². The fourth-order valence-corrected chi connectivity index (χ4v) is 1.56. The Labute approximate surface area is 81.9 Å². The van der Waals surface area contributed by atoms with Crippen LogP contribution >= 0.6 is 10.7 Å². The first-order valence-corrected chi connectivity index (χ1v) is 5.52. The van der Waals surface area contributed by atoms with Crippen molar-refractivity contribution >= 4 is 19.7 Å². The van der Waals surface area contributed by atoms with Gasteiger partial charge in [-0.25, -0.2) is 22.2 Å². The van der Waals surface area contributed by atoms with Crippen LogP contribution in [0.3, 0.4) is 0 Å². The zero-order chi connectivity index (χ0) is 10.9. The van der Waals surface area contributed by atoms with Gasteiger partial charge in [0.1, 0.15) is 10.6 Å². The molecule has 1 heterocycles. The number of aromatic nitrogens is 1. The van der Waals surface area contributed by atoms with Gasteiger partial charge in [-0.15, -0.1) is 0 Å². The zero-order valence-corrected chi connectivity index (χ0v) is 7.99. The molecule has 0 bridgehead atoms. The van der Waals surface area contributed by atoms with Gasteiger partial charge in [-0.2, -0.15) is 4.39 Å². The molecule has 14 heavy (non-hydrogen) atoms. The van der Waals surface area contributed by atoms with Gasteiger partial charge in [-0.05, 0) is 12.1 Å². The molecule has 78 valence electrons. The quantitative estimate of drug-likeness (QED) is 0.592. The third kappa shape index (κ3) is 2.36. The van der Waals surface area contributed by atoms with E-state index < -0.39 is 32.0 Å². The summed E-state index contributed by atoms with van der Waals surface area (Å²) in [7, 11) is 0.514. The molecule has 0 unspecified atom stereocenters. The second-order valence-corrected chi connectivity index (χ2v) is 4.80. The third-order valence-corrected chi connectivity index (χ3v) is 2.65. The van der Waals surface area contributed by atoms with E-state index in [-0.39, 0.29) is 0 Å². The van der Waals surface area contributed by atoms with Gasteiger partial charge in [-0.3, -0.25) is 0 Å². The molecular formula is C6H3ClF3NO2S. The maximum atomic E-state index is 12.8. The molecule has 0 aromatic carbocycles. The van der Waals surface area contributed by atoms with Crippen molar-refractivity contribution in [3.8, 4) is 0 Å². The summed E-state index contributed by atoms with van der Waals surface area (Å²) in [6.07, 6.45) is -2.96. The molecule has 0 radical (unpaired) electrons. The first kappa shape index (κ1) is 11.3. The predicted molar refractivity (Wildman–Crippen MR) is 42.2 cm³/mol. The summed E-state index contributed by atoms with van der Waals surface area (Å²) in [6.45, 7) is 0. The Bertz CT molecular complexity index is 448. The molecule has 0 aliphatic carbocycles. The summed E-state index contributed by atoms with van der Waals surface area (Å²) >= 11 is 0. The minimum atomic E-state index is -4.29. The second kappa shape index (κ2) is 3.74. The number of halogens is 4. The van der Waals surface area contributed by atoms with Gasteiger partial charge >= 0.3 is 0 Å². The maximum Gasteiger partial charge on any atom is 0.280 e. The van der Waals surface area contributed by atoms with Gasteiger partial charge in [-0.1, -0.05) is 0 Å². The Hall–Kier alpha value is -0.820. The first-order chi connectivity index (χ1) is 6.32. The lowest BCUT2D eigenvalue weighted by molar-refractivity contribution is 0.144. The molecule has 1 aromatic rings. The minimum absolute atomic E-state index is 0.645. The number of hydrogen-bond acceptors (Lipinski definition) is 3. The molecule has 1 rings (SSSR count). The third-order valence-electron chi connectivity index (χ3n) is 1.32. The van der Waals surface area contributed by atoms with E-state index in [1.54, 1.807) is 0 Å². The lowest BCUT2D eigenvalue weighted by Crippen LogP contribution is -2.01. The Morgan fingerprint density at radius 1 is 1.36 bits per heavy atom. The largest absolute Gasteiger partial charge is 0.280 e. The van der Waals surface area contributed by atoms with Crippen LogP contribution < -0.4 is 0 Å². The number of pyridine rings is 1. The molecule has 0 amide bonds. The highest BCUT2D eigenvalue weighted by molar-refractivity contribution is 8.13.